The van der Waals surface area contributed by atoms with Crippen LogP contribution in [0.3, 0.4) is 0 Å². The first-order valence-electron chi connectivity index (χ1n) is 5.17. The molecule has 1 N–H and O–H groups in total. The van der Waals surface area contributed by atoms with Gasteiger partial charge in [-0.2, -0.15) is 11.8 Å². The van der Waals surface area contributed by atoms with Crippen LogP contribution in [0.1, 0.15) is 12.8 Å². The lowest BCUT2D eigenvalue weighted by Crippen LogP contribution is -2.37. The van der Waals surface area contributed by atoms with E-state index < -0.39 is 0 Å². The summed E-state index contributed by atoms with van der Waals surface area (Å²) in [6, 6.07) is 0. The monoisotopic (exact) mass is 216 g/mol. The lowest BCUT2D eigenvalue weighted by atomic mass is 9.98. The molecule has 0 radical (unpaired) electrons. The molecule has 0 saturated carbocycles. The van der Waals surface area contributed by atoms with E-state index in [1.165, 1.54) is 12.8 Å². The topological polar surface area (TPSA) is 32.3 Å². The van der Waals surface area contributed by atoms with Crippen LogP contribution in [0.5, 0.6) is 0 Å². The van der Waals surface area contributed by atoms with Crippen molar-refractivity contribution < 1.29 is 4.79 Å². The zero-order valence-electron chi connectivity index (χ0n) is 9.08. The third kappa shape index (κ3) is 3.88. The highest BCUT2D eigenvalue weighted by molar-refractivity contribution is 7.99. The minimum Gasteiger partial charge on any atom is -0.345 e. The van der Waals surface area contributed by atoms with Crippen molar-refractivity contribution in [2.75, 3.05) is 38.7 Å². The fourth-order valence-electron chi connectivity index (χ4n) is 1.79. The van der Waals surface area contributed by atoms with Crippen LogP contribution >= 0.6 is 11.8 Å². The molecule has 3 nitrogen and oxygen atoms in total. The van der Waals surface area contributed by atoms with Gasteiger partial charge in [-0.05, 0) is 38.1 Å². The quantitative estimate of drug-likeness (QED) is 0.755. The number of thioether (sulfide) groups is 1. The van der Waals surface area contributed by atoms with Gasteiger partial charge in [0.15, 0.2) is 0 Å². The zero-order chi connectivity index (χ0) is 10.4. The predicted molar refractivity (Wildman–Crippen MR) is 61.6 cm³/mol. The first kappa shape index (κ1) is 11.9. The van der Waals surface area contributed by atoms with Crippen LogP contribution in [0.2, 0.25) is 0 Å². The van der Waals surface area contributed by atoms with Crippen LogP contribution in [0.4, 0.5) is 0 Å². The van der Waals surface area contributed by atoms with Crippen molar-refractivity contribution in [2.45, 2.75) is 12.8 Å². The molecule has 1 aliphatic heterocycles. The van der Waals surface area contributed by atoms with Gasteiger partial charge in [0.05, 0.1) is 5.75 Å². The van der Waals surface area contributed by atoms with Gasteiger partial charge in [-0.25, -0.2) is 0 Å². The smallest absolute Gasteiger partial charge is 0.232 e. The number of carbonyl (C=O) groups is 1. The molecule has 14 heavy (non-hydrogen) atoms. The number of rotatable bonds is 4. The van der Waals surface area contributed by atoms with E-state index in [-0.39, 0.29) is 5.91 Å². The van der Waals surface area contributed by atoms with Crippen LogP contribution in [0, 0.1) is 5.92 Å². The number of nitrogens with zero attached hydrogens (tertiary/aromatic N) is 1. The van der Waals surface area contributed by atoms with Crippen LogP contribution in [0.25, 0.3) is 0 Å². The summed E-state index contributed by atoms with van der Waals surface area (Å²) in [5.41, 5.74) is 0. The van der Waals surface area contributed by atoms with E-state index in [0.29, 0.717) is 11.7 Å². The summed E-state index contributed by atoms with van der Waals surface area (Å²) in [6.07, 6.45) is 4.38. The Morgan fingerprint density at radius 2 is 2.14 bits per heavy atom. The van der Waals surface area contributed by atoms with E-state index >= 15 is 0 Å². The highest BCUT2D eigenvalue weighted by Crippen LogP contribution is 2.13. The van der Waals surface area contributed by atoms with Gasteiger partial charge in [0.2, 0.25) is 5.91 Å². The van der Waals surface area contributed by atoms with Gasteiger partial charge in [-0.15, -0.1) is 0 Å². The maximum Gasteiger partial charge on any atom is 0.232 e. The molecule has 0 unspecified atom stereocenters. The van der Waals surface area contributed by atoms with Gasteiger partial charge in [-0.1, -0.05) is 0 Å². The average Bonchev–Trinajstić information content (AvgIpc) is 2.19. The minimum absolute atomic E-state index is 0.260. The summed E-state index contributed by atoms with van der Waals surface area (Å²) in [4.78, 5) is 13.4. The second-order valence-electron chi connectivity index (χ2n) is 3.90. The fraction of sp³-hybridized carbons (Fsp3) is 0.900. The molecule has 0 atom stereocenters. The lowest BCUT2D eigenvalue weighted by molar-refractivity contribution is -0.127. The van der Waals surface area contributed by atoms with E-state index in [9.17, 15) is 4.79 Å². The number of hydrogen-bond acceptors (Lipinski definition) is 3. The minimum atomic E-state index is 0.260. The van der Waals surface area contributed by atoms with Crippen molar-refractivity contribution >= 4 is 17.7 Å². The molecule has 1 rings (SSSR count). The highest BCUT2D eigenvalue weighted by atomic mass is 32.2. The Balaban J connectivity index is 2.24. The Hall–Kier alpha value is -0.220. The molecule has 1 saturated heterocycles. The van der Waals surface area contributed by atoms with Crippen molar-refractivity contribution in [2.24, 2.45) is 5.92 Å². The summed E-state index contributed by atoms with van der Waals surface area (Å²) in [5, 5.41) is 3.33. The zero-order valence-corrected chi connectivity index (χ0v) is 9.90. The molecular formula is C10H20N2OS. The Morgan fingerprint density at radius 3 is 2.71 bits per heavy atom. The SMILES string of the molecule is CSCC(=O)N(C)CC1CCNCC1. The number of piperidine rings is 1. The number of hydrogen-bond donors (Lipinski definition) is 1. The molecule has 0 aliphatic carbocycles. The van der Waals surface area contributed by atoms with Gasteiger partial charge in [-0.3, -0.25) is 4.79 Å². The molecule has 0 bridgehead atoms. The molecule has 0 aromatic carbocycles. The molecule has 1 amide bonds. The van der Waals surface area contributed by atoms with Crippen molar-refractivity contribution in [1.82, 2.24) is 10.2 Å². The normalized spacial score (nSPS) is 18.1. The van der Waals surface area contributed by atoms with E-state index in [1.807, 2.05) is 18.2 Å². The number of carbonyl (C=O) groups excluding carboxylic acids is 1. The molecule has 0 spiro atoms. The Labute approximate surface area is 90.6 Å². The average molecular weight is 216 g/mol. The fourth-order valence-corrected chi connectivity index (χ4v) is 2.25. The van der Waals surface area contributed by atoms with E-state index in [1.54, 1.807) is 11.8 Å². The van der Waals surface area contributed by atoms with Crippen molar-refractivity contribution in [3.05, 3.63) is 0 Å². The Morgan fingerprint density at radius 1 is 1.50 bits per heavy atom. The summed E-state index contributed by atoms with van der Waals surface area (Å²) in [6.45, 7) is 3.14. The van der Waals surface area contributed by atoms with Gasteiger partial charge in [0.1, 0.15) is 0 Å². The molecular weight excluding hydrogens is 196 g/mol. The van der Waals surface area contributed by atoms with Crippen molar-refractivity contribution in [3.63, 3.8) is 0 Å². The van der Waals surface area contributed by atoms with Gasteiger partial charge < -0.3 is 10.2 Å². The van der Waals surface area contributed by atoms with Gasteiger partial charge in [0, 0.05) is 13.6 Å². The Bertz CT molecular complexity index is 181. The molecule has 82 valence electrons. The standard InChI is InChI=1S/C10H20N2OS/c1-12(10(13)8-14-2)7-9-3-5-11-6-4-9/h9,11H,3-8H2,1-2H3. The van der Waals surface area contributed by atoms with E-state index in [2.05, 4.69) is 5.32 Å². The molecule has 1 fully saturated rings. The van der Waals surface area contributed by atoms with Crippen molar-refractivity contribution in [1.29, 1.82) is 0 Å². The number of nitrogens with one attached hydrogen (secondary N) is 1. The predicted octanol–water partition coefficient (Wildman–Crippen LogP) is 0.807. The maximum atomic E-state index is 11.5. The van der Waals surface area contributed by atoms with E-state index in [4.69, 9.17) is 0 Å². The molecule has 4 heteroatoms. The van der Waals surface area contributed by atoms with Crippen LogP contribution in [-0.4, -0.2) is 49.5 Å². The molecule has 1 aliphatic rings. The van der Waals surface area contributed by atoms with Crippen LogP contribution in [0.15, 0.2) is 0 Å². The third-order valence-corrected chi connectivity index (χ3v) is 3.22. The third-order valence-electron chi connectivity index (χ3n) is 2.68. The Kier molecular flexibility index (Phi) is 5.33. The second kappa shape index (κ2) is 6.30. The van der Waals surface area contributed by atoms with Crippen LogP contribution < -0.4 is 5.32 Å². The largest absolute Gasteiger partial charge is 0.345 e. The van der Waals surface area contributed by atoms with E-state index in [0.717, 1.165) is 19.6 Å². The van der Waals surface area contributed by atoms with Gasteiger partial charge >= 0.3 is 0 Å². The lowest BCUT2D eigenvalue weighted by Gasteiger charge is -2.27. The highest BCUT2D eigenvalue weighted by Gasteiger charge is 2.17. The first-order chi connectivity index (χ1) is 6.74. The van der Waals surface area contributed by atoms with Gasteiger partial charge in [0.25, 0.3) is 0 Å². The molecule has 0 aromatic rings. The molecule has 0 aromatic heterocycles. The van der Waals surface area contributed by atoms with Crippen molar-refractivity contribution in [3.8, 4) is 0 Å². The summed E-state index contributed by atoms with van der Waals surface area (Å²) < 4.78 is 0. The maximum absolute atomic E-state index is 11.5. The first-order valence-corrected chi connectivity index (χ1v) is 6.57. The summed E-state index contributed by atoms with van der Waals surface area (Å²) in [5.74, 6) is 1.57. The summed E-state index contributed by atoms with van der Waals surface area (Å²) >= 11 is 1.60. The van der Waals surface area contributed by atoms with Crippen LogP contribution in [-0.2, 0) is 4.79 Å². The molecule has 1 heterocycles. The summed E-state index contributed by atoms with van der Waals surface area (Å²) in [7, 11) is 1.92. The number of amides is 1. The second-order valence-corrected chi connectivity index (χ2v) is 4.77.